The zero-order chi connectivity index (χ0) is 16.7. The molecule has 122 valence electrons. The van der Waals surface area contributed by atoms with E-state index < -0.39 is 5.97 Å². The number of ether oxygens (including phenoxy) is 1. The van der Waals surface area contributed by atoms with E-state index in [1.54, 1.807) is 12.3 Å². The first kappa shape index (κ1) is 17.5. The molecule has 7 heteroatoms. The van der Waals surface area contributed by atoms with E-state index in [-0.39, 0.29) is 11.6 Å². The number of hydrogen-bond acceptors (Lipinski definition) is 6. The summed E-state index contributed by atoms with van der Waals surface area (Å²) in [4.78, 5) is 27.4. The highest BCUT2D eigenvalue weighted by Crippen LogP contribution is 2.17. The summed E-state index contributed by atoms with van der Waals surface area (Å²) in [6, 6.07) is 8.24. The first-order valence-electron chi connectivity index (χ1n) is 7.14. The lowest BCUT2D eigenvalue weighted by Gasteiger charge is -2.03. The monoisotopic (exact) mass is 350 g/mol. The average Bonchev–Trinajstić information content (AvgIpc) is 2.98. The first-order chi connectivity index (χ1) is 11.1. The van der Waals surface area contributed by atoms with E-state index in [2.05, 4.69) is 34.6 Å². The van der Waals surface area contributed by atoms with E-state index in [9.17, 15) is 9.59 Å². The van der Waals surface area contributed by atoms with Crippen molar-refractivity contribution in [3.63, 3.8) is 0 Å². The van der Waals surface area contributed by atoms with Gasteiger partial charge in [-0.2, -0.15) is 0 Å². The van der Waals surface area contributed by atoms with Crippen LogP contribution in [0.2, 0.25) is 0 Å². The predicted octanol–water partition coefficient (Wildman–Crippen LogP) is 3.50. The van der Waals surface area contributed by atoms with Crippen LogP contribution in [0.1, 0.15) is 28.5 Å². The van der Waals surface area contributed by atoms with Crippen molar-refractivity contribution in [3.8, 4) is 0 Å². The van der Waals surface area contributed by atoms with Crippen LogP contribution >= 0.6 is 23.1 Å². The molecule has 0 fully saturated rings. The minimum atomic E-state index is -0.474. The van der Waals surface area contributed by atoms with Crippen molar-refractivity contribution in [3.05, 3.63) is 46.5 Å². The molecule has 0 saturated heterocycles. The molecule has 2 rings (SSSR count). The van der Waals surface area contributed by atoms with Gasteiger partial charge in [0.1, 0.15) is 0 Å². The molecule has 1 heterocycles. The Hall–Kier alpha value is -1.86. The van der Waals surface area contributed by atoms with Gasteiger partial charge in [-0.05, 0) is 19.4 Å². The molecule has 1 aromatic heterocycles. The number of aromatic nitrogens is 1. The van der Waals surface area contributed by atoms with Gasteiger partial charge in [-0.1, -0.05) is 29.8 Å². The molecule has 0 unspecified atom stereocenters. The van der Waals surface area contributed by atoms with Gasteiger partial charge in [-0.25, -0.2) is 9.78 Å². The van der Waals surface area contributed by atoms with Crippen molar-refractivity contribution in [2.75, 3.05) is 17.7 Å². The third-order valence-electron chi connectivity index (χ3n) is 2.86. The molecule has 5 nitrogen and oxygen atoms in total. The minimum Gasteiger partial charge on any atom is -0.461 e. The third-order valence-corrected chi connectivity index (χ3v) is 4.62. The van der Waals surface area contributed by atoms with Crippen molar-refractivity contribution < 1.29 is 14.3 Å². The van der Waals surface area contributed by atoms with Crippen molar-refractivity contribution >= 4 is 40.1 Å². The second-order valence-corrected chi connectivity index (χ2v) is 6.63. The Balaban J connectivity index is 1.76. The summed E-state index contributed by atoms with van der Waals surface area (Å²) in [6.07, 6.45) is 0. The molecule has 0 aliphatic rings. The predicted molar refractivity (Wildman–Crippen MR) is 94.0 cm³/mol. The topological polar surface area (TPSA) is 68.3 Å². The quantitative estimate of drug-likeness (QED) is 0.774. The summed E-state index contributed by atoms with van der Waals surface area (Å²) in [5.74, 6) is 0.506. The van der Waals surface area contributed by atoms with Gasteiger partial charge < -0.3 is 10.1 Å². The summed E-state index contributed by atoms with van der Waals surface area (Å²) in [6.45, 7) is 4.08. The summed E-state index contributed by atoms with van der Waals surface area (Å²) >= 11 is 2.74. The number of amides is 1. The number of rotatable bonds is 7. The first-order valence-corrected chi connectivity index (χ1v) is 9.17. The molecule has 0 atom stereocenters. The smallest absolute Gasteiger partial charge is 0.357 e. The minimum absolute atomic E-state index is 0.133. The Bertz CT molecular complexity index is 668. The number of nitrogens with one attached hydrogen (secondary N) is 1. The number of aryl methyl sites for hydroxylation is 1. The van der Waals surface area contributed by atoms with Gasteiger partial charge in [0.2, 0.25) is 5.91 Å². The number of hydrogen-bond donors (Lipinski definition) is 1. The molecule has 0 saturated carbocycles. The molecular formula is C16H18N2O3S2. The number of thioether (sulfide) groups is 1. The Labute approximate surface area is 143 Å². The highest BCUT2D eigenvalue weighted by Gasteiger charge is 2.13. The van der Waals surface area contributed by atoms with E-state index >= 15 is 0 Å². The van der Waals surface area contributed by atoms with Gasteiger partial charge >= 0.3 is 5.97 Å². The number of carbonyl (C=O) groups excluding carboxylic acids is 2. The maximum atomic E-state index is 11.9. The molecular weight excluding hydrogens is 332 g/mol. The van der Waals surface area contributed by atoms with Crippen LogP contribution in [0, 0.1) is 6.92 Å². The highest BCUT2D eigenvalue weighted by atomic mass is 32.2. The zero-order valence-corrected chi connectivity index (χ0v) is 14.6. The molecule has 0 aliphatic heterocycles. The zero-order valence-electron chi connectivity index (χ0n) is 13.0. The summed E-state index contributed by atoms with van der Waals surface area (Å²) in [7, 11) is 0. The Morgan fingerprint density at radius 1 is 1.30 bits per heavy atom. The maximum Gasteiger partial charge on any atom is 0.357 e. The lowest BCUT2D eigenvalue weighted by atomic mass is 10.2. The Morgan fingerprint density at radius 3 is 2.74 bits per heavy atom. The number of thiazole rings is 1. The molecule has 0 spiro atoms. The molecule has 23 heavy (non-hydrogen) atoms. The fourth-order valence-corrected chi connectivity index (χ4v) is 3.21. The van der Waals surface area contributed by atoms with Crippen LogP contribution in [-0.4, -0.2) is 29.2 Å². The second kappa shape index (κ2) is 8.69. The van der Waals surface area contributed by atoms with Gasteiger partial charge in [-0.15, -0.1) is 23.1 Å². The summed E-state index contributed by atoms with van der Waals surface area (Å²) < 4.78 is 4.86. The van der Waals surface area contributed by atoms with Crippen LogP contribution < -0.4 is 5.32 Å². The van der Waals surface area contributed by atoms with Crippen molar-refractivity contribution in [2.45, 2.75) is 19.6 Å². The van der Waals surface area contributed by atoms with Crippen LogP contribution in [0.15, 0.2) is 29.6 Å². The van der Waals surface area contributed by atoms with E-state index in [0.717, 1.165) is 5.75 Å². The van der Waals surface area contributed by atoms with Crippen LogP contribution in [-0.2, 0) is 15.3 Å². The van der Waals surface area contributed by atoms with E-state index in [0.29, 0.717) is 17.5 Å². The molecule has 0 aliphatic carbocycles. The van der Waals surface area contributed by atoms with Gasteiger partial charge in [0.25, 0.3) is 0 Å². The van der Waals surface area contributed by atoms with E-state index in [1.165, 1.54) is 34.2 Å². The Kier molecular flexibility index (Phi) is 6.61. The summed E-state index contributed by atoms with van der Waals surface area (Å²) in [5, 5.41) is 4.68. The summed E-state index contributed by atoms with van der Waals surface area (Å²) in [5.41, 5.74) is 2.63. The van der Waals surface area contributed by atoms with Gasteiger partial charge in [0.05, 0.1) is 12.4 Å². The third kappa shape index (κ3) is 5.69. The van der Waals surface area contributed by atoms with Crippen LogP contribution in [0.4, 0.5) is 5.13 Å². The van der Waals surface area contributed by atoms with Crippen LogP contribution in [0.5, 0.6) is 0 Å². The molecule has 2 aromatic rings. The number of esters is 1. The Morgan fingerprint density at radius 2 is 2.04 bits per heavy atom. The number of carbonyl (C=O) groups is 2. The normalized spacial score (nSPS) is 10.3. The lowest BCUT2D eigenvalue weighted by Crippen LogP contribution is -2.14. The van der Waals surface area contributed by atoms with E-state index in [4.69, 9.17) is 4.74 Å². The second-order valence-electron chi connectivity index (χ2n) is 4.78. The maximum absolute atomic E-state index is 11.9. The number of anilines is 1. The largest absolute Gasteiger partial charge is 0.461 e. The fraction of sp³-hybridized carbons (Fsp3) is 0.312. The molecule has 1 aromatic carbocycles. The number of benzene rings is 1. The van der Waals surface area contributed by atoms with Gasteiger partial charge in [0.15, 0.2) is 10.8 Å². The van der Waals surface area contributed by atoms with Crippen molar-refractivity contribution in [2.24, 2.45) is 0 Å². The van der Waals surface area contributed by atoms with Crippen LogP contribution in [0.25, 0.3) is 0 Å². The average molecular weight is 350 g/mol. The van der Waals surface area contributed by atoms with E-state index in [1.807, 2.05) is 6.92 Å². The molecule has 0 radical (unpaired) electrons. The molecule has 0 bridgehead atoms. The molecule has 1 amide bonds. The molecule has 1 N–H and O–H groups in total. The number of nitrogens with zero attached hydrogens (tertiary/aromatic N) is 1. The van der Waals surface area contributed by atoms with Gasteiger partial charge in [-0.3, -0.25) is 4.79 Å². The fourth-order valence-electron chi connectivity index (χ4n) is 1.73. The SMILES string of the molecule is CCOC(=O)c1csc(NC(=O)CSCc2ccc(C)cc2)n1. The standard InChI is InChI=1S/C16H18N2O3S2/c1-3-21-15(20)13-9-23-16(17-13)18-14(19)10-22-8-12-6-4-11(2)5-7-12/h4-7,9H,3,8,10H2,1-2H3,(H,17,18,19). The van der Waals surface area contributed by atoms with Crippen LogP contribution in [0.3, 0.4) is 0 Å². The highest BCUT2D eigenvalue weighted by molar-refractivity contribution is 7.99. The lowest BCUT2D eigenvalue weighted by molar-refractivity contribution is -0.113. The van der Waals surface area contributed by atoms with Gasteiger partial charge in [0, 0.05) is 11.1 Å². The van der Waals surface area contributed by atoms with Crippen molar-refractivity contribution in [1.29, 1.82) is 0 Å². The van der Waals surface area contributed by atoms with Crippen molar-refractivity contribution in [1.82, 2.24) is 4.98 Å².